The molecule has 0 saturated carbocycles. The lowest BCUT2D eigenvalue weighted by Gasteiger charge is -2.37. The van der Waals surface area contributed by atoms with Gasteiger partial charge in [-0.05, 0) is 50.1 Å². The van der Waals surface area contributed by atoms with E-state index in [4.69, 9.17) is 9.47 Å². The summed E-state index contributed by atoms with van der Waals surface area (Å²) in [5.41, 5.74) is 1.55. The minimum Gasteiger partial charge on any atom is -0.496 e. The molecule has 0 radical (unpaired) electrons. The number of hydrogen-bond acceptors (Lipinski definition) is 7. The number of anilines is 2. The largest absolute Gasteiger partial charge is 0.496 e. The maximum absolute atomic E-state index is 14.1. The Labute approximate surface area is 231 Å². The fraction of sp³-hybridized carbons (Fsp3) is 0.552. The van der Waals surface area contributed by atoms with Crippen LogP contribution in [0.1, 0.15) is 64.9 Å². The topological polar surface area (TPSA) is 72.9 Å². The second-order valence-corrected chi connectivity index (χ2v) is 12.9. The average Bonchev–Trinajstić information content (AvgIpc) is 2.98. The summed E-state index contributed by atoms with van der Waals surface area (Å²) in [7, 11) is -2.11. The van der Waals surface area contributed by atoms with Gasteiger partial charge in [-0.2, -0.15) is 0 Å². The van der Waals surface area contributed by atoms with Crippen molar-refractivity contribution in [2.75, 3.05) is 36.7 Å². The molecule has 0 atom stereocenters. The molecule has 0 aliphatic carbocycles. The summed E-state index contributed by atoms with van der Waals surface area (Å²) in [6, 6.07) is 9.71. The monoisotopic (exact) mass is 565 g/mol. The van der Waals surface area contributed by atoms with Crippen molar-refractivity contribution in [2.24, 2.45) is 5.41 Å². The smallest absolute Gasteiger partial charge is 0.315 e. The molecule has 0 bridgehead atoms. The molecule has 210 valence electrons. The van der Waals surface area contributed by atoms with Crippen molar-refractivity contribution in [1.29, 1.82) is 0 Å². The van der Waals surface area contributed by atoms with E-state index in [1.165, 1.54) is 23.9 Å². The first-order valence-corrected chi connectivity index (χ1v) is 16.2. The number of halogens is 1. The Morgan fingerprint density at radius 1 is 1.08 bits per heavy atom. The van der Waals surface area contributed by atoms with Crippen LogP contribution in [0.5, 0.6) is 5.75 Å². The number of esters is 1. The van der Waals surface area contributed by atoms with Crippen LogP contribution in [0.4, 0.5) is 15.8 Å². The number of rotatable bonds is 13. The fourth-order valence-electron chi connectivity index (χ4n) is 5.13. The third-order valence-corrected chi connectivity index (χ3v) is 9.96. The van der Waals surface area contributed by atoms with E-state index >= 15 is 0 Å². The molecule has 1 heterocycles. The van der Waals surface area contributed by atoms with Crippen LogP contribution in [-0.4, -0.2) is 46.2 Å². The van der Waals surface area contributed by atoms with Gasteiger partial charge in [0.2, 0.25) is 0 Å². The van der Waals surface area contributed by atoms with Gasteiger partial charge >= 0.3 is 5.97 Å². The number of carbonyl (C=O) groups is 1. The van der Waals surface area contributed by atoms with Crippen molar-refractivity contribution in [1.82, 2.24) is 0 Å². The number of methoxy groups -OCH3 is 1. The van der Waals surface area contributed by atoms with Gasteiger partial charge in [-0.25, -0.2) is 12.8 Å². The van der Waals surface area contributed by atoms with Crippen LogP contribution in [0.3, 0.4) is 0 Å². The molecule has 0 aromatic heterocycles. The molecule has 6 nitrogen and oxygen atoms in total. The maximum atomic E-state index is 14.1. The molecule has 0 unspecified atom stereocenters. The molecule has 3 rings (SSSR count). The van der Waals surface area contributed by atoms with E-state index in [0.29, 0.717) is 35.9 Å². The Morgan fingerprint density at radius 2 is 1.74 bits per heavy atom. The Kier molecular flexibility index (Phi) is 10.9. The lowest BCUT2D eigenvalue weighted by atomic mass is 9.79. The summed E-state index contributed by atoms with van der Waals surface area (Å²) in [6.07, 6.45) is 5.43. The van der Waals surface area contributed by atoms with Crippen molar-refractivity contribution < 1.29 is 27.1 Å². The minimum atomic E-state index is -3.67. The van der Waals surface area contributed by atoms with Crippen molar-refractivity contribution in [3.8, 4) is 5.75 Å². The van der Waals surface area contributed by atoms with Gasteiger partial charge in [-0.15, -0.1) is 11.8 Å². The second kappa shape index (κ2) is 13.7. The van der Waals surface area contributed by atoms with Crippen molar-refractivity contribution in [2.45, 2.75) is 69.9 Å². The zero-order valence-electron chi connectivity index (χ0n) is 22.9. The first kappa shape index (κ1) is 30.3. The SMILES string of the molecule is CCCCC1(CCCC)CN(c2ccc(F)cc2)c2cc(OC)c(CSCC(=O)OCC)cc2S(=O)(=O)C1. The number of unbranched alkanes of at least 4 members (excludes halogenated alkanes) is 2. The van der Waals surface area contributed by atoms with Gasteiger partial charge in [0, 0.05) is 35.0 Å². The highest BCUT2D eigenvalue weighted by Gasteiger charge is 2.42. The lowest BCUT2D eigenvalue weighted by Crippen LogP contribution is -2.38. The van der Waals surface area contributed by atoms with Crippen LogP contribution >= 0.6 is 11.8 Å². The summed E-state index contributed by atoms with van der Waals surface area (Å²) in [4.78, 5) is 14.1. The van der Waals surface area contributed by atoms with Crippen LogP contribution in [0.15, 0.2) is 41.3 Å². The summed E-state index contributed by atoms with van der Waals surface area (Å²) in [5.74, 6) is 0.533. The minimum absolute atomic E-state index is 0.0619. The zero-order valence-corrected chi connectivity index (χ0v) is 24.6. The Bertz CT molecular complexity index is 1180. The lowest BCUT2D eigenvalue weighted by molar-refractivity contribution is -0.139. The normalized spacial score (nSPS) is 16.0. The first-order valence-electron chi connectivity index (χ1n) is 13.4. The zero-order chi connectivity index (χ0) is 27.8. The van der Waals surface area contributed by atoms with Crippen molar-refractivity contribution in [3.05, 3.63) is 47.8 Å². The molecule has 2 aromatic carbocycles. The fourth-order valence-corrected chi connectivity index (χ4v) is 8.08. The van der Waals surface area contributed by atoms with E-state index in [0.717, 1.165) is 44.2 Å². The number of sulfone groups is 1. The van der Waals surface area contributed by atoms with Crippen LogP contribution in [0.25, 0.3) is 0 Å². The van der Waals surface area contributed by atoms with Gasteiger partial charge in [0.25, 0.3) is 0 Å². The number of thioether (sulfide) groups is 1. The molecule has 0 spiro atoms. The van der Waals surface area contributed by atoms with E-state index in [1.54, 1.807) is 38.3 Å². The number of fused-ring (bicyclic) bond motifs is 1. The Balaban J connectivity index is 2.14. The highest BCUT2D eigenvalue weighted by Crippen LogP contribution is 2.47. The Morgan fingerprint density at radius 3 is 2.32 bits per heavy atom. The molecule has 2 aromatic rings. The molecule has 1 aliphatic rings. The number of carbonyl (C=O) groups excluding carboxylic acids is 1. The van der Waals surface area contributed by atoms with E-state index in [1.807, 2.05) is 4.90 Å². The maximum Gasteiger partial charge on any atom is 0.315 e. The van der Waals surface area contributed by atoms with Gasteiger partial charge in [-0.3, -0.25) is 4.79 Å². The molecule has 9 heteroatoms. The van der Waals surface area contributed by atoms with E-state index < -0.39 is 15.3 Å². The summed E-state index contributed by atoms with van der Waals surface area (Å²) in [5, 5.41) is 0. The van der Waals surface area contributed by atoms with Crippen LogP contribution in [-0.2, 0) is 25.1 Å². The van der Waals surface area contributed by atoms with E-state index in [-0.39, 0.29) is 28.2 Å². The second-order valence-electron chi connectivity index (χ2n) is 9.96. The summed E-state index contributed by atoms with van der Waals surface area (Å²) >= 11 is 1.36. The average molecular weight is 566 g/mol. The van der Waals surface area contributed by atoms with Crippen molar-refractivity contribution >= 4 is 38.9 Å². The van der Waals surface area contributed by atoms with Crippen LogP contribution < -0.4 is 9.64 Å². The molecular weight excluding hydrogens is 525 g/mol. The molecule has 0 N–H and O–H groups in total. The van der Waals surface area contributed by atoms with E-state index in [2.05, 4.69) is 13.8 Å². The Hall–Kier alpha value is -2.26. The number of ether oxygens (including phenoxy) is 2. The molecule has 1 aliphatic heterocycles. The number of benzene rings is 2. The van der Waals surface area contributed by atoms with Gasteiger partial charge < -0.3 is 14.4 Å². The number of nitrogens with zero attached hydrogens (tertiary/aromatic N) is 1. The molecule has 0 saturated heterocycles. The predicted octanol–water partition coefficient (Wildman–Crippen LogP) is 6.92. The summed E-state index contributed by atoms with van der Waals surface area (Å²) in [6.45, 7) is 6.84. The van der Waals surface area contributed by atoms with Crippen LogP contribution in [0, 0.1) is 11.2 Å². The summed E-state index contributed by atoms with van der Waals surface area (Å²) < 4.78 is 52.7. The quantitative estimate of drug-likeness (QED) is 0.244. The standard InChI is InChI=1S/C29H40FNO5S2/c1-5-8-14-29(15-9-6-2)20-31(24-12-10-23(30)11-13-24)25-17-26(35-4)22(16-27(25)38(33,34)21-29)18-37-19-28(32)36-7-3/h10-13,16-17H,5-9,14-15,18-21H2,1-4H3. The van der Waals surface area contributed by atoms with Gasteiger partial charge in [-0.1, -0.05) is 39.5 Å². The van der Waals surface area contributed by atoms with Gasteiger partial charge in [0.1, 0.15) is 11.6 Å². The highest BCUT2D eigenvalue weighted by atomic mass is 32.2. The predicted molar refractivity (Wildman–Crippen MR) is 153 cm³/mol. The third kappa shape index (κ3) is 7.44. The van der Waals surface area contributed by atoms with Gasteiger partial charge in [0.15, 0.2) is 9.84 Å². The van der Waals surface area contributed by atoms with Crippen LogP contribution in [0.2, 0.25) is 0 Å². The molecule has 0 amide bonds. The molecule has 38 heavy (non-hydrogen) atoms. The number of hydrogen-bond donors (Lipinski definition) is 0. The van der Waals surface area contributed by atoms with E-state index in [9.17, 15) is 17.6 Å². The van der Waals surface area contributed by atoms with Crippen molar-refractivity contribution in [3.63, 3.8) is 0 Å². The molecule has 0 fully saturated rings. The highest BCUT2D eigenvalue weighted by molar-refractivity contribution is 7.99. The first-order chi connectivity index (χ1) is 18.2. The molecular formula is C29H40FNO5S2. The van der Waals surface area contributed by atoms with Gasteiger partial charge in [0.05, 0.1) is 35.8 Å². The third-order valence-electron chi connectivity index (χ3n) is 7.02.